The number of aromatic nitrogens is 4. The fourth-order valence-electron chi connectivity index (χ4n) is 2.62. The minimum absolute atomic E-state index is 0.0573. The lowest BCUT2D eigenvalue weighted by molar-refractivity contribution is -0.137. The monoisotopic (exact) mass is 517 g/mol. The number of nitrogens with one attached hydrogen (secondary N) is 1. The predicted octanol–water partition coefficient (Wildman–Crippen LogP) is 5.49. The second kappa shape index (κ2) is 9.08. The van der Waals surface area contributed by atoms with Crippen molar-refractivity contribution in [2.45, 2.75) is 32.7 Å². The lowest BCUT2D eigenvalue weighted by Crippen LogP contribution is -2.24. The van der Waals surface area contributed by atoms with Crippen LogP contribution in [0.25, 0.3) is 11.4 Å². The molecule has 1 atom stereocenters. The zero-order chi connectivity index (χ0) is 21.0. The van der Waals surface area contributed by atoms with Crippen LogP contribution in [0, 0.1) is 5.92 Å². The quantitative estimate of drug-likeness (QED) is 0.420. The Kier molecular flexibility index (Phi) is 6.73. The van der Waals surface area contributed by atoms with Gasteiger partial charge in [-0.1, -0.05) is 26.0 Å². The molecule has 0 radical (unpaired) electrons. The summed E-state index contributed by atoms with van der Waals surface area (Å²) in [7, 11) is 0. The van der Waals surface area contributed by atoms with Crippen LogP contribution in [0.5, 0.6) is 0 Å². The predicted molar refractivity (Wildman–Crippen MR) is 112 cm³/mol. The van der Waals surface area contributed by atoms with E-state index in [1.807, 2.05) is 55.1 Å². The summed E-state index contributed by atoms with van der Waals surface area (Å²) in [5, 5.41) is 15.7. The smallest absolute Gasteiger partial charge is 0.355 e. The van der Waals surface area contributed by atoms with Crippen molar-refractivity contribution in [2.24, 2.45) is 5.92 Å². The zero-order valence-corrected chi connectivity index (χ0v) is 17.8. The molecular weight excluding hydrogens is 498 g/mol. The first-order valence-electron chi connectivity index (χ1n) is 8.87. The highest BCUT2D eigenvalue weighted by Crippen LogP contribution is 2.32. The Morgan fingerprint density at radius 1 is 1.10 bits per heavy atom. The van der Waals surface area contributed by atoms with E-state index in [0.29, 0.717) is 29.3 Å². The molecule has 154 valence electrons. The van der Waals surface area contributed by atoms with Gasteiger partial charge in [0.25, 0.3) is 0 Å². The topological polar surface area (TPSA) is 64.9 Å². The van der Waals surface area contributed by atoms with E-state index < -0.39 is 11.7 Å². The molecule has 1 N–H and O–H groups in total. The normalized spacial score (nSPS) is 12.9. The van der Waals surface area contributed by atoms with Gasteiger partial charge in [0.1, 0.15) is 23.0 Å². The van der Waals surface area contributed by atoms with Crippen molar-refractivity contribution < 1.29 is 16.2 Å². The van der Waals surface area contributed by atoms with E-state index in [4.69, 9.17) is 3.07 Å². The minimum Gasteiger partial charge on any atom is -0.355 e. The van der Waals surface area contributed by atoms with Crippen molar-refractivity contribution in [3.63, 3.8) is 0 Å². The third-order valence-electron chi connectivity index (χ3n) is 4.31. The Morgan fingerprint density at radius 3 is 2.41 bits per heavy atom. The van der Waals surface area contributed by atoms with E-state index in [-0.39, 0.29) is 12.0 Å². The summed E-state index contributed by atoms with van der Waals surface area (Å²) in [5.41, 5.74) is 1.18. The highest BCUT2D eigenvalue weighted by Gasteiger charge is 2.30. The highest BCUT2D eigenvalue weighted by molar-refractivity contribution is 14.1. The van der Waals surface area contributed by atoms with Crippen molar-refractivity contribution >= 4 is 34.4 Å². The van der Waals surface area contributed by atoms with Crippen molar-refractivity contribution in [1.29, 1.82) is 0 Å². The van der Waals surface area contributed by atoms with Gasteiger partial charge in [-0.3, -0.25) is 0 Å². The van der Waals surface area contributed by atoms with Gasteiger partial charge < -0.3 is 8.38 Å². The zero-order valence-electron chi connectivity index (χ0n) is 15.7. The number of tetrazole rings is 1. The van der Waals surface area contributed by atoms with Crippen LogP contribution in [0.15, 0.2) is 48.5 Å². The molecule has 29 heavy (non-hydrogen) atoms. The van der Waals surface area contributed by atoms with Crippen molar-refractivity contribution in [1.82, 2.24) is 20.2 Å². The van der Waals surface area contributed by atoms with Crippen LogP contribution in [0.1, 0.15) is 19.4 Å². The molecule has 0 spiro atoms. The molecule has 6 nitrogen and oxygen atoms in total. The highest BCUT2D eigenvalue weighted by atomic mass is 127. The number of nitrogens with zero attached hydrogens (tertiary/aromatic N) is 4. The van der Waals surface area contributed by atoms with E-state index in [9.17, 15) is 13.2 Å². The van der Waals surface area contributed by atoms with Gasteiger partial charge in [-0.05, 0) is 47.5 Å². The Labute approximate surface area is 180 Å². The van der Waals surface area contributed by atoms with E-state index in [2.05, 4.69) is 20.7 Å². The van der Waals surface area contributed by atoms with Gasteiger partial charge in [0.15, 0.2) is 0 Å². The first-order valence-corrected chi connectivity index (χ1v) is 9.75. The fraction of sp³-hybridized carbons (Fsp3) is 0.316. The van der Waals surface area contributed by atoms with Crippen molar-refractivity contribution in [2.75, 3.05) is 5.32 Å². The fourth-order valence-corrected chi connectivity index (χ4v) is 3.36. The second-order valence-electron chi connectivity index (χ2n) is 6.79. The Bertz CT molecular complexity index is 944. The molecule has 1 unspecified atom stereocenters. The van der Waals surface area contributed by atoms with Gasteiger partial charge in [0.2, 0.25) is 5.82 Å². The lowest BCUT2D eigenvalue weighted by atomic mass is 10.1. The number of para-hydroxylation sites is 1. The Morgan fingerprint density at radius 2 is 1.79 bits per heavy atom. The van der Waals surface area contributed by atoms with Crippen LogP contribution in [0.4, 0.5) is 24.5 Å². The Balaban J connectivity index is 1.81. The van der Waals surface area contributed by atoms with E-state index in [1.165, 1.54) is 16.9 Å². The van der Waals surface area contributed by atoms with Gasteiger partial charge >= 0.3 is 6.18 Å². The van der Waals surface area contributed by atoms with Crippen LogP contribution in [0.3, 0.4) is 0 Å². The lowest BCUT2D eigenvalue weighted by Gasteiger charge is -2.16. The summed E-state index contributed by atoms with van der Waals surface area (Å²) in [6.45, 7) is 4.55. The minimum atomic E-state index is -4.37. The van der Waals surface area contributed by atoms with Crippen LogP contribution in [-0.4, -0.2) is 26.3 Å². The molecule has 2 aromatic carbocycles. The summed E-state index contributed by atoms with van der Waals surface area (Å²) in [4.78, 5) is 1.48. The number of anilines is 2. The number of benzene rings is 2. The molecule has 3 rings (SSSR count). The molecule has 0 aliphatic carbocycles. The van der Waals surface area contributed by atoms with Gasteiger partial charge in [0.05, 0.1) is 18.2 Å². The van der Waals surface area contributed by atoms with E-state index in [0.717, 1.165) is 12.1 Å². The molecule has 0 aliphatic rings. The molecule has 1 heterocycles. The van der Waals surface area contributed by atoms with Crippen molar-refractivity contribution in [3.05, 3.63) is 54.1 Å². The maximum Gasteiger partial charge on any atom is 0.416 e. The van der Waals surface area contributed by atoms with Crippen LogP contribution in [-0.2, 0) is 15.8 Å². The molecular formula is C19H19F3IN5O. The van der Waals surface area contributed by atoms with Gasteiger partial charge in [-0.15, -0.1) is 10.2 Å². The first-order chi connectivity index (χ1) is 13.8. The van der Waals surface area contributed by atoms with Gasteiger partial charge in [-0.25, -0.2) is 0 Å². The number of rotatable bonds is 7. The molecule has 0 amide bonds. The maximum atomic E-state index is 12.7. The third-order valence-corrected chi connectivity index (χ3v) is 4.97. The van der Waals surface area contributed by atoms with E-state index in [1.54, 1.807) is 6.07 Å². The molecule has 0 saturated carbocycles. The number of alkyl halides is 3. The van der Waals surface area contributed by atoms with Gasteiger partial charge in [-0.2, -0.15) is 18.0 Å². The maximum absolute atomic E-state index is 12.7. The van der Waals surface area contributed by atoms with Crippen molar-refractivity contribution in [3.8, 4) is 11.4 Å². The average Bonchev–Trinajstić information content (AvgIpc) is 3.14. The summed E-state index contributed by atoms with van der Waals surface area (Å²) in [6.07, 6.45) is -4.42. The van der Waals surface area contributed by atoms with Crippen LogP contribution < -0.4 is 5.32 Å². The molecule has 0 fully saturated rings. The van der Waals surface area contributed by atoms with E-state index >= 15 is 0 Å². The number of hydrogen-bond acceptors (Lipinski definition) is 5. The number of hydrogen-bond donors (Lipinski definition) is 1. The summed E-state index contributed by atoms with van der Waals surface area (Å²) >= 11 is 1.86. The largest absolute Gasteiger partial charge is 0.416 e. The summed E-state index contributed by atoms with van der Waals surface area (Å²) in [5.74, 6) is 0.700. The summed E-state index contributed by atoms with van der Waals surface area (Å²) < 4.78 is 43.6. The standard InChI is InChI=1S/C19H19F3IN5O/c1-12(2)17(29-23)11-28-26-18(25-27-28)15-5-3-4-6-16(15)24-14-9-7-13(8-10-14)19(20,21)22/h3-10,12,17,24H,11H2,1-2H3. The molecule has 0 saturated heterocycles. The van der Waals surface area contributed by atoms with Crippen LogP contribution in [0.2, 0.25) is 0 Å². The number of halogens is 4. The second-order valence-corrected chi connectivity index (χ2v) is 7.29. The summed E-state index contributed by atoms with van der Waals surface area (Å²) in [6, 6.07) is 12.1. The first kappa shape index (κ1) is 21.5. The molecule has 0 aliphatic heterocycles. The molecule has 0 bridgehead atoms. The SMILES string of the molecule is CC(C)C(Cn1nnc(-c2ccccc2Nc2ccc(C(F)(F)F)cc2)n1)OI. The molecule has 10 heteroatoms. The Hall–Kier alpha value is -2.21. The third kappa shape index (κ3) is 5.44. The molecule has 3 aromatic rings. The van der Waals surface area contributed by atoms with Crippen LogP contribution >= 0.6 is 23.0 Å². The molecule has 1 aromatic heterocycles. The average molecular weight is 517 g/mol. The van der Waals surface area contributed by atoms with Gasteiger partial charge in [0, 0.05) is 16.9 Å².